The highest BCUT2D eigenvalue weighted by Gasteiger charge is 2.28. The smallest absolute Gasteiger partial charge is 0.407 e. The molecule has 1 aliphatic heterocycles. The molecule has 28 heavy (non-hydrogen) atoms. The second-order valence-corrected chi connectivity index (χ2v) is 7.63. The van der Waals surface area contributed by atoms with Crippen molar-refractivity contribution < 1.29 is 19.0 Å². The zero-order valence-electron chi connectivity index (χ0n) is 17.7. The molecular weight excluding hydrogens is 360 g/mol. The molecule has 1 aromatic rings. The number of alkyl carbamates (subject to hydrolysis) is 1. The van der Waals surface area contributed by atoms with Gasteiger partial charge in [0.25, 0.3) is 0 Å². The summed E-state index contributed by atoms with van der Waals surface area (Å²) in [6.45, 7) is 7.59. The Bertz CT molecular complexity index is 700. The van der Waals surface area contributed by atoms with E-state index in [0.29, 0.717) is 24.6 Å². The number of ether oxygens (including phenoxy) is 3. The summed E-state index contributed by atoms with van der Waals surface area (Å²) < 4.78 is 16.2. The summed E-state index contributed by atoms with van der Waals surface area (Å²) in [5.41, 5.74) is 0.473. The Hall–Kier alpha value is -2.64. The molecule has 8 nitrogen and oxygen atoms in total. The Morgan fingerprint density at radius 3 is 2.64 bits per heavy atom. The van der Waals surface area contributed by atoms with E-state index in [4.69, 9.17) is 14.2 Å². The lowest BCUT2D eigenvalue weighted by Gasteiger charge is -2.23. The second-order valence-electron chi connectivity index (χ2n) is 7.63. The first-order valence-corrected chi connectivity index (χ1v) is 9.42. The van der Waals surface area contributed by atoms with Gasteiger partial charge in [-0.25, -0.2) is 4.79 Å². The monoisotopic (exact) mass is 392 g/mol. The van der Waals surface area contributed by atoms with E-state index in [0.717, 1.165) is 24.5 Å². The molecule has 1 aromatic carbocycles. The zero-order valence-corrected chi connectivity index (χ0v) is 17.7. The fraction of sp³-hybridized carbons (Fsp3) is 0.600. The van der Waals surface area contributed by atoms with E-state index in [1.165, 1.54) is 0 Å². The van der Waals surface area contributed by atoms with Crippen LogP contribution in [0.25, 0.3) is 0 Å². The average molecular weight is 393 g/mol. The average Bonchev–Trinajstić information content (AvgIpc) is 3.08. The van der Waals surface area contributed by atoms with Gasteiger partial charge in [-0.3, -0.25) is 4.99 Å². The number of rotatable bonds is 5. The third-order valence-electron chi connectivity index (χ3n) is 4.34. The molecular formula is C20H32N4O4. The van der Waals surface area contributed by atoms with Crippen molar-refractivity contribution in [3.8, 4) is 11.5 Å². The summed E-state index contributed by atoms with van der Waals surface area (Å²) in [5, 5.41) is 6.29. The molecule has 0 spiro atoms. The third kappa shape index (κ3) is 5.94. The van der Waals surface area contributed by atoms with Gasteiger partial charge in [0.05, 0.1) is 20.3 Å². The number of guanidine groups is 1. The van der Waals surface area contributed by atoms with E-state index in [2.05, 4.69) is 20.5 Å². The van der Waals surface area contributed by atoms with Crippen LogP contribution < -0.4 is 20.1 Å². The van der Waals surface area contributed by atoms with E-state index >= 15 is 0 Å². The highest BCUT2D eigenvalue weighted by atomic mass is 16.6. The number of para-hydroxylation sites is 1. The molecule has 1 unspecified atom stereocenters. The number of carbonyl (C=O) groups excluding carboxylic acids is 1. The lowest BCUT2D eigenvalue weighted by atomic mass is 10.2. The van der Waals surface area contributed by atoms with Crippen LogP contribution >= 0.6 is 0 Å². The maximum atomic E-state index is 12.0. The molecule has 2 rings (SSSR count). The van der Waals surface area contributed by atoms with Crippen molar-refractivity contribution in [2.45, 2.75) is 45.4 Å². The number of amides is 1. The quantitative estimate of drug-likeness (QED) is 0.591. The van der Waals surface area contributed by atoms with Crippen LogP contribution in [-0.2, 0) is 11.3 Å². The minimum atomic E-state index is -0.504. The molecule has 8 heteroatoms. The predicted molar refractivity (Wildman–Crippen MR) is 109 cm³/mol. The molecule has 0 aromatic heterocycles. The second kappa shape index (κ2) is 9.52. The first kappa shape index (κ1) is 21.7. The first-order valence-electron chi connectivity index (χ1n) is 9.42. The largest absolute Gasteiger partial charge is 0.493 e. The number of carbonyl (C=O) groups is 1. The number of likely N-dealkylation sites (tertiary alicyclic amines) is 1. The first-order chi connectivity index (χ1) is 13.3. The van der Waals surface area contributed by atoms with Gasteiger partial charge in [-0.1, -0.05) is 12.1 Å². The highest BCUT2D eigenvalue weighted by molar-refractivity contribution is 5.80. The summed E-state index contributed by atoms with van der Waals surface area (Å²) in [6, 6.07) is 5.81. The molecule has 156 valence electrons. The minimum Gasteiger partial charge on any atom is -0.493 e. The Kier molecular flexibility index (Phi) is 7.37. The molecule has 0 aliphatic carbocycles. The Labute approximate surface area is 167 Å². The molecule has 1 fully saturated rings. The van der Waals surface area contributed by atoms with Crippen molar-refractivity contribution in [1.29, 1.82) is 0 Å². The number of nitrogens with one attached hydrogen (secondary N) is 2. The summed E-state index contributed by atoms with van der Waals surface area (Å²) in [4.78, 5) is 18.5. The summed E-state index contributed by atoms with van der Waals surface area (Å²) in [6.07, 6.45) is 0.450. The van der Waals surface area contributed by atoms with E-state index in [1.807, 2.05) is 39.0 Å². The molecule has 1 saturated heterocycles. The van der Waals surface area contributed by atoms with Crippen LogP contribution in [0.3, 0.4) is 0 Å². The third-order valence-corrected chi connectivity index (χ3v) is 4.34. The van der Waals surface area contributed by atoms with Crippen LogP contribution in [0.4, 0.5) is 4.79 Å². The van der Waals surface area contributed by atoms with E-state index < -0.39 is 5.60 Å². The number of aliphatic imine (C=N–C) groups is 1. The van der Waals surface area contributed by atoms with Crippen molar-refractivity contribution in [2.75, 3.05) is 34.4 Å². The summed E-state index contributed by atoms with van der Waals surface area (Å²) in [5.74, 6) is 2.18. The van der Waals surface area contributed by atoms with Crippen molar-refractivity contribution in [3.05, 3.63) is 23.8 Å². The molecule has 1 aliphatic rings. The van der Waals surface area contributed by atoms with Gasteiger partial charge in [-0.2, -0.15) is 0 Å². The molecule has 1 atom stereocenters. The Morgan fingerprint density at radius 2 is 2.04 bits per heavy atom. The van der Waals surface area contributed by atoms with Crippen LogP contribution in [0.2, 0.25) is 0 Å². The van der Waals surface area contributed by atoms with E-state index in [9.17, 15) is 4.79 Å². The van der Waals surface area contributed by atoms with Crippen molar-refractivity contribution in [1.82, 2.24) is 15.5 Å². The molecule has 0 radical (unpaired) electrons. The SMILES string of the molecule is CN=C(NCc1cccc(OC)c1OC)N1CCC(NC(=O)OC(C)(C)C)C1. The predicted octanol–water partition coefficient (Wildman–Crippen LogP) is 2.38. The van der Waals surface area contributed by atoms with Crippen LogP contribution in [-0.4, -0.2) is 63.0 Å². The Balaban J connectivity index is 1.92. The fourth-order valence-electron chi connectivity index (χ4n) is 3.14. The molecule has 1 heterocycles. The maximum Gasteiger partial charge on any atom is 0.407 e. The molecule has 0 saturated carbocycles. The lowest BCUT2D eigenvalue weighted by molar-refractivity contribution is 0.0507. The number of hydrogen-bond acceptors (Lipinski definition) is 5. The van der Waals surface area contributed by atoms with Crippen molar-refractivity contribution in [3.63, 3.8) is 0 Å². The molecule has 0 bridgehead atoms. The zero-order chi connectivity index (χ0) is 20.7. The fourth-order valence-corrected chi connectivity index (χ4v) is 3.14. The van der Waals surface area contributed by atoms with Crippen LogP contribution in [0.1, 0.15) is 32.8 Å². The normalized spacial score (nSPS) is 17.3. The van der Waals surface area contributed by atoms with E-state index in [1.54, 1.807) is 21.3 Å². The van der Waals surface area contributed by atoms with Gasteiger partial charge in [-0.15, -0.1) is 0 Å². The summed E-state index contributed by atoms with van der Waals surface area (Å²) in [7, 11) is 5.00. The topological polar surface area (TPSA) is 84.4 Å². The standard InChI is InChI=1S/C20H32N4O4/c1-20(2,3)28-19(25)23-15-10-11-24(13-15)18(21-4)22-12-14-8-7-9-16(26-5)17(14)27-6/h7-9,15H,10-13H2,1-6H3,(H,21,22)(H,23,25). The number of nitrogens with zero attached hydrogens (tertiary/aromatic N) is 2. The van der Waals surface area contributed by atoms with Crippen LogP contribution in [0.5, 0.6) is 11.5 Å². The number of hydrogen-bond donors (Lipinski definition) is 2. The van der Waals surface area contributed by atoms with E-state index in [-0.39, 0.29) is 12.1 Å². The highest BCUT2D eigenvalue weighted by Crippen LogP contribution is 2.30. The van der Waals surface area contributed by atoms with Gasteiger partial charge < -0.3 is 29.7 Å². The number of benzene rings is 1. The molecule has 2 N–H and O–H groups in total. The van der Waals surface area contributed by atoms with Crippen LogP contribution in [0.15, 0.2) is 23.2 Å². The van der Waals surface area contributed by atoms with Crippen molar-refractivity contribution >= 4 is 12.1 Å². The van der Waals surface area contributed by atoms with Crippen molar-refractivity contribution in [2.24, 2.45) is 4.99 Å². The lowest BCUT2D eigenvalue weighted by Crippen LogP contribution is -2.44. The summed E-state index contributed by atoms with van der Waals surface area (Å²) >= 11 is 0. The molecule has 1 amide bonds. The maximum absolute atomic E-state index is 12.0. The van der Waals surface area contributed by atoms with Gasteiger partial charge in [0, 0.05) is 32.2 Å². The van der Waals surface area contributed by atoms with Gasteiger partial charge in [0.1, 0.15) is 5.60 Å². The number of methoxy groups -OCH3 is 2. The van der Waals surface area contributed by atoms with Gasteiger partial charge in [-0.05, 0) is 33.3 Å². The van der Waals surface area contributed by atoms with Gasteiger partial charge in [0.2, 0.25) is 0 Å². The van der Waals surface area contributed by atoms with Gasteiger partial charge >= 0.3 is 6.09 Å². The minimum absolute atomic E-state index is 0.0276. The Morgan fingerprint density at radius 1 is 1.29 bits per heavy atom. The van der Waals surface area contributed by atoms with Gasteiger partial charge in [0.15, 0.2) is 17.5 Å². The van der Waals surface area contributed by atoms with Crippen LogP contribution in [0, 0.1) is 0 Å².